The van der Waals surface area contributed by atoms with E-state index < -0.39 is 0 Å². The highest BCUT2D eigenvalue weighted by atomic mass is 16.3. The van der Waals surface area contributed by atoms with E-state index in [1.54, 1.807) is 0 Å². The molecule has 0 spiro atoms. The minimum atomic E-state index is 0.850. The van der Waals surface area contributed by atoms with Gasteiger partial charge in [-0.15, -0.1) is 0 Å². The van der Waals surface area contributed by atoms with Crippen LogP contribution in [0.1, 0.15) is 0 Å². The van der Waals surface area contributed by atoms with Gasteiger partial charge >= 0.3 is 0 Å². The molecule has 0 atom stereocenters. The van der Waals surface area contributed by atoms with E-state index in [9.17, 15) is 0 Å². The summed E-state index contributed by atoms with van der Waals surface area (Å²) in [5.74, 6) is 0. The SMILES string of the molecule is c1ccc(-c2ccc(-c3ccc(N(c4ccc5c(c4)oc4ccccc45)c4cccc5c4ccc4ccccc45)c4c3oc3ccccc34)cc2)cc1. The molecular weight excluding hydrogens is 647 g/mol. The van der Waals surface area contributed by atoms with Crippen molar-refractivity contribution in [1.82, 2.24) is 0 Å². The van der Waals surface area contributed by atoms with Crippen molar-refractivity contribution in [3.8, 4) is 22.3 Å². The number of hydrogen-bond donors (Lipinski definition) is 0. The molecule has 11 rings (SSSR count). The monoisotopic (exact) mass is 677 g/mol. The second-order valence-electron chi connectivity index (χ2n) is 13.7. The zero-order valence-electron chi connectivity index (χ0n) is 28.7. The van der Waals surface area contributed by atoms with Crippen LogP contribution in [0.2, 0.25) is 0 Å². The van der Waals surface area contributed by atoms with Crippen LogP contribution < -0.4 is 4.90 Å². The van der Waals surface area contributed by atoms with E-state index in [4.69, 9.17) is 8.83 Å². The molecule has 248 valence electrons. The van der Waals surface area contributed by atoms with Gasteiger partial charge in [-0.05, 0) is 75.3 Å². The van der Waals surface area contributed by atoms with Crippen molar-refractivity contribution >= 4 is 82.5 Å². The maximum Gasteiger partial charge on any atom is 0.145 e. The van der Waals surface area contributed by atoms with Gasteiger partial charge in [0.15, 0.2) is 0 Å². The summed E-state index contributed by atoms with van der Waals surface area (Å²) in [4.78, 5) is 2.39. The Labute approximate surface area is 305 Å². The molecule has 0 saturated heterocycles. The van der Waals surface area contributed by atoms with E-state index >= 15 is 0 Å². The standard InChI is InChI=1S/C50H31NO2/c1-2-11-32(12-3-1)33-21-23-35(24-22-33)38-29-30-45(49-43-16-7-9-20-47(43)53-50(38)49)51(36-26-28-42-41-15-6-8-19-46(41)52-48(42)31-36)44-18-10-17-39-37-14-5-4-13-34(37)25-27-40(39)44/h1-31H. The first-order valence-corrected chi connectivity index (χ1v) is 18.0. The Morgan fingerprint density at radius 1 is 0.340 bits per heavy atom. The Morgan fingerprint density at radius 3 is 1.83 bits per heavy atom. The summed E-state index contributed by atoms with van der Waals surface area (Å²) in [6, 6.07) is 66.7. The Hall–Kier alpha value is -7.10. The topological polar surface area (TPSA) is 29.5 Å². The van der Waals surface area contributed by atoms with Gasteiger partial charge < -0.3 is 13.7 Å². The van der Waals surface area contributed by atoms with Crippen LogP contribution >= 0.6 is 0 Å². The fraction of sp³-hybridized carbons (Fsp3) is 0. The minimum Gasteiger partial charge on any atom is -0.456 e. The number of nitrogens with zero attached hydrogens (tertiary/aromatic N) is 1. The van der Waals surface area contributed by atoms with Crippen LogP contribution in [-0.2, 0) is 0 Å². The van der Waals surface area contributed by atoms with Crippen LogP contribution in [0.5, 0.6) is 0 Å². The third-order valence-corrected chi connectivity index (χ3v) is 10.7. The summed E-state index contributed by atoms with van der Waals surface area (Å²) in [5, 5.41) is 9.17. The van der Waals surface area contributed by atoms with Gasteiger partial charge in [-0.25, -0.2) is 0 Å². The molecule has 11 aromatic rings. The van der Waals surface area contributed by atoms with E-state index in [2.05, 4.69) is 175 Å². The van der Waals surface area contributed by atoms with Gasteiger partial charge in [0.1, 0.15) is 22.3 Å². The summed E-state index contributed by atoms with van der Waals surface area (Å²) >= 11 is 0. The number of fused-ring (bicyclic) bond motifs is 9. The highest BCUT2D eigenvalue weighted by molar-refractivity contribution is 6.19. The fourth-order valence-corrected chi connectivity index (χ4v) is 8.18. The number of hydrogen-bond acceptors (Lipinski definition) is 3. The van der Waals surface area contributed by atoms with Crippen LogP contribution in [0.4, 0.5) is 17.1 Å². The van der Waals surface area contributed by atoms with Gasteiger partial charge in [0, 0.05) is 38.9 Å². The van der Waals surface area contributed by atoms with Crippen molar-refractivity contribution in [2.45, 2.75) is 0 Å². The highest BCUT2D eigenvalue weighted by Crippen LogP contribution is 2.48. The zero-order valence-corrected chi connectivity index (χ0v) is 28.7. The molecule has 0 N–H and O–H groups in total. The molecular formula is C50H31NO2. The van der Waals surface area contributed by atoms with Gasteiger partial charge in [0.2, 0.25) is 0 Å². The second-order valence-corrected chi connectivity index (χ2v) is 13.7. The lowest BCUT2D eigenvalue weighted by Crippen LogP contribution is -2.11. The van der Waals surface area contributed by atoms with Gasteiger partial charge in [-0.3, -0.25) is 0 Å². The maximum atomic E-state index is 6.83. The zero-order chi connectivity index (χ0) is 34.9. The molecule has 0 amide bonds. The summed E-state index contributed by atoms with van der Waals surface area (Å²) in [6.07, 6.45) is 0. The van der Waals surface area contributed by atoms with Gasteiger partial charge in [0.25, 0.3) is 0 Å². The summed E-state index contributed by atoms with van der Waals surface area (Å²) < 4.78 is 13.3. The van der Waals surface area contributed by atoms with Crippen molar-refractivity contribution in [1.29, 1.82) is 0 Å². The summed E-state index contributed by atoms with van der Waals surface area (Å²) in [7, 11) is 0. The van der Waals surface area contributed by atoms with Crippen LogP contribution in [0, 0.1) is 0 Å². The molecule has 3 nitrogen and oxygen atoms in total. The quantitative estimate of drug-likeness (QED) is 0.170. The van der Waals surface area contributed by atoms with Gasteiger partial charge in [0.05, 0.1) is 16.8 Å². The summed E-state index contributed by atoms with van der Waals surface area (Å²) in [6.45, 7) is 0. The number of para-hydroxylation sites is 2. The molecule has 0 aliphatic heterocycles. The van der Waals surface area contributed by atoms with Crippen LogP contribution in [-0.4, -0.2) is 0 Å². The Morgan fingerprint density at radius 2 is 0.981 bits per heavy atom. The number of anilines is 3. The molecule has 53 heavy (non-hydrogen) atoms. The van der Waals surface area contributed by atoms with Crippen molar-refractivity contribution in [2.75, 3.05) is 4.90 Å². The van der Waals surface area contributed by atoms with Gasteiger partial charge in [-0.1, -0.05) is 140 Å². The normalized spacial score (nSPS) is 11.8. The van der Waals surface area contributed by atoms with E-state index in [1.165, 1.54) is 27.3 Å². The lowest BCUT2D eigenvalue weighted by Gasteiger charge is -2.28. The first-order valence-electron chi connectivity index (χ1n) is 18.0. The molecule has 0 bridgehead atoms. The van der Waals surface area contributed by atoms with Crippen molar-refractivity contribution < 1.29 is 8.83 Å². The molecule has 2 heterocycles. The fourth-order valence-electron chi connectivity index (χ4n) is 8.18. The van der Waals surface area contributed by atoms with Crippen LogP contribution in [0.15, 0.2) is 197 Å². The lowest BCUT2D eigenvalue weighted by molar-refractivity contribution is 0.669. The molecule has 0 radical (unpaired) electrons. The minimum absolute atomic E-state index is 0.850. The lowest BCUT2D eigenvalue weighted by atomic mass is 9.96. The number of benzene rings is 9. The Kier molecular flexibility index (Phi) is 6.55. The van der Waals surface area contributed by atoms with E-state index in [1.807, 2.05) is 18.2 Å². The van der Waals surface area contributed by atoms with Crippen LogP contribution in [0.25, 0.3) is 87.7 Å². The molecule has 0 saturated carbocycles. The molecule has 3 heteroatoms. The Bertz CT molecular complexity index is 3170. The highest BCUT2D eigenvalue weighted by Gasteiger charge is 2.24. The third-order valence-electron chi connectivity index (χ3n) is 10.7. The first-order chi connectivity index (χ1) is 26.3. The molecule has 0 aliphatic rings. The first kappa shape index (κ1) is 29.6. The maximum absolute atomic E-state index is 6.83. The van der Waals surface area contributed by atoms with E-state index in [0.29, 0.717) is 0 Å². The Balaban J connectivity index is 1.19. The third kappa shape index (κ3) is 4.68. The molecule has 0 aliphatic carbocycles. The van der Waals surface area contributed by atoms with Crippen LogP contribution in [0.3, 0.4) is 0 Å². The second kappa shape index (κ2) is 11.7. The average Bonchev–Trinajstić information content (AvgIpc) is 3.80. The smallest absolute Gasteiger partial charge is 0.145 e. The van der Waals surface area contributed by atoms with Crippen molar-refractivity contribution in [3.05, 3.63) is 188 Å². The van der Waals surface area contributed by atoms with E-state index in [0.717, 1.165) is 77.5 Å². The summed E-state index contributed by atoms with van der Waals surface area (Å²) in [5.41, 5.74) is 11.1. The molecule has 0 unspecified atom stereocenters. The van der Waals surface area contributed by atoms with Crippen molar-refractivity contribution in [3.63, 3.8) is 0 Å². The molecule has 0 fully saturated rings. The van der Waals surface area contributed by atoms with Gasteiger partial charge in [-0.2, -0.15) is 0 Å². The predicted octanol–water partition coefficient (Wildman–Crippen LogP) is 14.6. The molecule has 9 aromatic carbocycles. The predicted molar refractivity (Wildman–Crippen MR) is 222 cm³/mol. The van der Waals surface area contributed by atoms with Crippen molar-refractivity contribution in [2.24, 2.45) is 0 Å². The molecule has 2 aromatic heterocycles. The number of rotatable bonds is 5. The average molecular weight is 678 g/mol. The van der Waals surface area contributed by atoms with E-state index in [-0.39, 0.29) is 0 Å². The largest absolute Gasteiger partial charge is 0.456 e. The number of furan rings is 2.